The topological polar surface area (TPSA) is 34.0 Å². The Balaban J connectivity index is 1.76. The number of thiophene rings is 1. The zero-order valence-corrected chi connectivity index (χ0v) is 15.5. The van der Waals surface area contributed by atoms with Gasteiger partial charge in [0.2, 0.25) is 0 Å². The van der Waals surface area contributed by atoms with Crippen molar-refractivity contribution >= 4 is 22.9 Å². The van der Waals surface area contributed by atoms with Crippen molar-refractivity contribution in [3.05, 3.63) is 94.7 Å². The summed E-state index contributed by atoms with van der Waals surface area (Å²) >= 11 is 1.40. The highest BCUT2D eigenvalue weighted by Gasteiger charge is 2.20. The van der Waals surface area contributed by atoms with Gasteiger partial charge >= 0.3 is 0 Å². The van der Waals surface area contributed by atoms with Crippen LogP contribution in [0, 0.1) is 12.7 Å². The van der Waals surface area contributed by atoms with Gasteiger partial charge in [-0.25, -0.2) is 4.39 Å². The number of halogens is 1. The molecule has 0 bridgehead atoms. The number of nitrogens with one attached hydrogen (secondary N) is 1. The van der Waals surface area contributed by atoms with Crippen molar-refractivity contribution in [2.45, 2.75) is 6.92 Å². The lowest BCUT2D eigenvalue weighted by Crippen LogP contribution is -2.13. The van der Waals surface area contributed by atoms with Crippen molar-refractivity contribution in [1.29, 1.82) is 0 Å². The molecule has 4 rings (SSSR count). The molecule has 0 spiro atoms. The van der Waals surface area contributed by atoms with Crippen LogP contribution in [0.1, 0.15) is 15.2 Å². The second-order valence-corrected chi connectivity index (χ2v) is 7.08. The van der Waals surface area contributed by atoms with Crippen molar-refractivity contribution in [3.8, 4) is 16.8 Å². The maximum atomic E-state index is 13.3. The molecule has 0 aliphatic rings. The third-order valence-electron chi connectivity index (χ3n) is 4.36. The van der Waals surface area contributed by atoms with Gasteiger partial charge in [-0.2, -0.15) is 0 Å². The van der Waals surface area contributed by atoms with Gasteiger partial charge in [-0.15, -0.1) is 11.3 Å². The lowest BCUT2D eigenvalue weighted by Gasteiger charge is -2.11. The van der Waals surface area contributed by atoms with Crippen LogP contribution >= 0.6 is 11.3 Å². The first-order valence-corrected chi connectivity index (χ1v) is 9.39. The standard InChI is InChI=1S/C22H17FN2OS/c1-15-13-17(23)9-10-19(15)24-22(26)21-20(25-11-5-6-12-25)18(14-27-21)16-7-3-2-4-8-16/h2-14H,1H3,(H,24,26). The molecule has 2 heterocycles. The van der Waals surface area contributed by atoms with Crippen LogP contribution in [0.15, 0.2) is 78.4 Å². The summed E-state index contributed by atoms with van der Waals surface area (Å²) in [6, 6.07) is 18.2. The van der Waals surface area contributed by atoms with E-state index in [4.69, 9.17) is 0 Å². The van der Waals surface area contributed by atoms with Gasteiger partial charge in [-0.3, -0.25) is 4.79 Å². The number of aryl methyl sites for hydroxylation is 1. The van der Waals surface area contributed by atoms with Crippen LogP contribution in [0.4, 0.5) is 10.1 Å². The van der Waals surface area contributed by atoms with Crippen LogP contribution in [0.2, 0.25) is 0 Å². The van der Waals surface area contributed by atoms with Gasteiger partial charge in [0.25, 0.3) is 5.91 Å². The van der Waals surface area contributed by atoms with Gasteiger partial charge in [-0.05, 0) is 48.4 Å². The van der Waals surface area contributed by atoms with Gasteiger partial charge in [0, 0.05) is 29.0 Å². The van der Waals surface area contributed by atoms with Gasteiger partial charge in [0.1, 0.15) is 10.7 Å². The Morgan fingerprint density at radius 2 is 1.78 bits per heavy atom. The minimum absolute atomic E-state index is 0.208. The molecule has 0 aliphatic carbocycles. The number of carbonyl (C=O) groups excluding carboxylic acids is 1. The molecule has 0 fully saturated rings. The highest BCUT2D eigenvalue weighted by molar-refractivity contribution is 7.13. The fraction of sp³-hybridized carbons (Fsp3) is 0.0455. The Kier molecular flexibility index (Phi) is 4.60. The number of benzene rings is 2. The minimum Gasteiger partial charge on any atom is -0.322 e. The third-order valence-corrected chi connectivity index (χ3v) is 5.32. The molecule has 1 N–H and O–H groups in total. The lowest BCUT2D eigenvalue weighted by molar-refractivity contribution is 0.103. The molecule has 1 amide bonds. The average molecular weight is 376 g/mol. The molecule has 134 valence electrons. The van der Waals surface area contributed by atoms with Gasteiger partial charge in [-0.1, -0.05) is 30.3 Å². The SMILES string of the molecule is Cc1cc(F)ccc1NC(=O)c1scc(-c2ccccc2)c1-n1cccc1. The molecular formula is C22H17FN2OS. The van der Waals surface area contributed by atoms with E-state index in [1.165, 1.54) is 23.5 Å². The number of anilines is 1. The minimum atomic E-state index is -0.319. The average Bonchev–Trinajstić information content (AvgIpc) is 3.33. The van der Waals surface area contributed by atoms with Crippen molar-refractivity contribution < 1.29 is 9.18 Å². The van der Waals surface area contributed by atoms with Crippen LogP contribution in [0.3, 0.4) is 0 Å². The largest absolute Gasteiger partial charge is 0.322 e. The molecule has 0 atom stereocenters. The Morgan fingerprint density at radius 1 is 1.04 bits per heavy atom. The maximum absolute atomic E-state index is 13.3. The first-order valence-electron chi connectivity index (χ1n) is 8.51. The van der Waals surface area contributed by atoms with Gasteiger partial charge in [0.05, 0.1) is 5.69 Å². The summed E-state index contributed by atoms with van der Waals surface area (Å²) in [4.78, 5) is 13.6. The Bertz CT molecular complexity index is 1080. The molecule has 27 heavy (non-hydrogen) atoms. The summed E-state index contributed by atoms with van der Waals surface area (Å²) in [5.41, 5.74) is 4.18. The molecule has 0 saturated heterocycles. The Hall–Kier alpha value is -3.18. The van der Waals surface area contributed by atoms with Gasteiger partial charge < -0.3 is 9.88 Å². The van der Waals surface area contributed by atoms with Crippen molar-refractivity contribution in [2.24, 2.45) is 0 Å². The molecular weight excluding hydrogens is 359 g/mol. The number of aromatic nitrogens is 1. The Morgan fingerprint density at radius 3 is 2.48 bits per heavy atom. The molecule has 5 heteroatoms. The molecule has 2 aromatic heterocycles. The van der Waals surface area contributed by atoms with Crippen LogP contribution in [-0.4, -0.2) is 10.5 Å². The molecule has 0 aliphatic heterocycles. The highest BCUT2D eigenvalue weighted by atomic mass is 32.1. The van der Waals surface area contributed by atoms with E-state index in [-0.39, 0.29) is 11.7 Å². The summed E-state index contributed by atoms with van der Waals surface area (Å²) in [5.74, 6) is -0.526. The quantitative estimate of drug-likeness (QED) is 0.472. The molecule has 4 aromatic rings. The molecule has 0 radical (unpaired) electrons. The fourth-order valence-corrected chi connectivity index (χ4v) is 3.99. The number of nitrogens with zero attached hydrogens (tertiary/aromatic N) is 1. The smallest absolute Gasteiger partial charge is 0.267 e. The summed E-state index contributed by atoms with van der Waals surface area (Å²) in [5, 5.41) is 4.91. The van der Waals surface area contributed by atoms with E-state index in [1.54, 1.807) is 13.0 Å². The third kappa shape index (κ3) is 3.41. The lowest BCUT2D eigenvalue weighted by atomic mass is 10.1. The van der Waals surface area contributed by atoms with Crippen LogP contribution in [0.5, 0.6) is 0 Å². The summed E-state index contributed by atoms with van der Waals surface area (Å²) in [6.07, 6.45) is 3.85. The van der Waals surface area contributed by atoms with Gasteiger partial charge in [0.15, 0.2) is 0 Å². The first kappa shape index (κ1) is 17.2. The maximum Gasteiger partial charge on any atom is 0.267 e. The number of hydrogen-bond acceptors (Lipinski definition) is 2. The summed E-state index contributed by atoms with van der Waals surface area (Å²) in [7, 11) is 0. The molecule has 0 saturated carbocycles. The number of carbonyl (C=O) groups is 1. The molecule has 3 nitrogen and oxygen atoms in total. The van der Waals surface area contributed by atoms with Crippen molar-refractivity contribution in [2.75, 3.05) is 5.32 Å². The van der Waals surface area contributed by atoms with E-state index in [0.29, 0.717) is 16.1 Å². The zero-order chi connectivity index (χ0) is 18.8. The second kappa shape index (κ2) is 7.21. The Labute approximate surface area is 160 Å². The van der Waals surface area contributed by atoms with E-state index < -0.39 is 0 Å². The molecule has 2 aromatic carbocycles. The number of amides is 1. The van der Waals surface area contributed by atoms with E-state index in [2.05, 4.69) is 5.32 Å². The second-order valence-electron chi connectivity index (χ2n) is 6.20. The van der Waals surface area contributed by atoms with Crippen LogP contribution in [0.25, 0.3) is 16.8 Å². The van der Waals surface area contributed by atoms with Crippen molar-refractivity contribution in [3.63, 3.8) is 0 Å². The molecule has 0 unspecified atom stereocenters. The summed E-state index contributed by atoms with van der Waals surface area (Å²) < 4.78 is 15.3. The number of rotatable bonds is 4. The fourth-order valence-electron chi connectivity index (χ4n) is 3.02. The monoisotopic (exact) mass is 376 g/mol. The van der Waals surface area contributed by atoms with E-state index >= 15 is 0 Å². The predicted molar refractivity (Wildman–Crippen MR) is 108 cm³/mol. The van der Waals surface area contributed by atoms with Crippen LogP contribution < -0.4 is 5.32 Å². The summed E-state index contributed by atoms with van der Waals surface area (Å²) in [6.45, 7) is 1.77. The van der Waals surface area contributed by atoms with Crippen molar-refractivity contribution in [1.82, 2.24) is 4.57 Å². The van der Waals surface area contributed by atoms with Crippen LogP contribution in [-0.2, 0) is 0 Å². The number of hydrogen-bond donors (Lipinski definition) is 1. The highest BCUT2D eigenvalue weighted by Crippen LogP contribution is 2.35. The van der Waals surface area contributed by atoms with E-state index in [1.807, 2.05) is 64.8 Å². The normalized spacial score (nSPS) is 10.7. The van der Waals surface area contributed by atoms with E-state index in [0.717, 1.165) is 16.8 Å². The van der Waals surface area contributed by atoms with E-state index in [9.17, 15) is 9.18 Å². The zero-order valence-electron chi connectivity index (χ0n) is 14.6. The predicted octanol–water partition coefficient (Wildman–Crippen LogP) is 5.91. The first-order chi connectivity index (χ1) is 13.1.